The first-order valence-electron chi connectivity index (χ1n) is 12.0. The standard InChI is InChI=1S/C29H42O2/c1-18(2)9-24-14-22(15-25(28(24)30)10-19(3)4)13-23-16-26(11-20(5)6)29(31)27(17-23)12-21(7)8/h13-21,30H,9-12H2,1-8H3. The molecule has 0 spiro atoms. The summed E-state index contributed by atoms with van der Waals surface area (Å²) < 4.78 is 0. The molecule has 0 unspecified atom stereocenters. The Morgan fingerprint density at radius 1 is 0.710 bits per heavy atom. The van der Waals surface area contributed by atoms with Gasteiger partial charge in [-0.25, -0.2) is 0 Å². The number of phenols is 1. The number of Topliss-reactive ketones (excluding diaryl/α,β-unsaturated/α-hetero) is 1. The molecular weight excluding hydrogens is 380 g/mol. The molecule has 2 heteroatoms. The monoisotopic (exact) mass is 422 g/mol. The number of allylic oxidation sites excluding steroid dienone is 5. The van der Waals surface area contributed by atoms with Crippen molar-refractivity contribution in [1.82, 2.24) is 0 Å². The van der Waals surface area contributed by atoms with Gasteiger partial charge in [0.05, 0.1) is 0 Å². The Morgan fingerprint density at radius 3 is 1.45 bits per heavy atom. The number of hydrogen-bond acceptors (Lipinski definition) is 2. The van der Waals surface area contributed by atoms with Crippen LogP contribution in [0, 0.1) is 23.7 Å². The van der Waals surface area contributed by atoms with Gasteiger partial charge in [0.2, 0.25) is 0 Å². The Bertz CT molecular complexity index is 813. The lowest BCUT2D eigenvalue weighted by atomic mass is 9.84. The van der Waals surface area contributed by atoms with E-state index in [2.05, 4.69) is 85.8 Å². The number of phenolic OH excluding ortho intramolecular Hbond substituents is 1. The lowest BCUT2D eigenvalue weighted by Crippen LogP contribution is -2.14. The lowest BCUT2D eigenvalue weighted by Gasteiger charge is -2.19. The number of aromatic hydroxyl groups is 1. The smallest absolute Gasteiger partial charge is 0.185 e. The van der Waals surface area contributed by atoms with Crippen molar-refractivity contribution in [3.63, 3.8) is 0 Å². The van der Waals surface area contributed by atoms with Gasteiger partial charge in [-0.3, -0.25) is 4.79 Å². The minimum atomic E-state index is 0.214. The van der Waals surface area contributed by atoms with E-state index in [1.165, 1.54) is 0 Å². The average Bonchev–Trinajstić information content (AvgIpc) is 2.61. The van der Waals surface area contributed by atoms with Crippen molar-refractivity contribution in [2.45, 2.75) is 81.1 Å². The van der Waals surface area contributed by atoms with Gasteiger partial charge < -0.3 is 5.11 Å². The molecule has 1 aromatic rings. The van der Waals surface area contributed by atoms with E-state index >= 15 is 0 Å². The summed E-state index contributed by atoms with van der Waals surface area (Å²) >= 11 is 0. The number of carbonyl (C=O) groups excluding carboxylic acids is 1. The molecule has 31 heavy (non-hydrogen) atoms. The summed E-state index contributed by atoms with van der Waals surface area (Å²) in [6.07, 6.45) is 9.65. The van der Waals surface area contributed by atoms with Gasteiger partial charge in [0.25, 0.3) is 0 Å². The quantitative estimate of drug-likeness (QED) is 0.442. The zero-order chi connectivity index (χ0) is 23.3. The third-order valence-corrected chi connectivity index (χ3v) is 5.40. The third-order valence-electron chi connectivity index (χ3n) is 5.40. The molecule has 0 aliphatic heterocycles. The van der Waals surface area contributed by atoms with Crippen LogP contribution in [0.15, 0.2) is 41.0 Å². The fraction of sp³-hybridized carbons (Fsp3) is 0.552. The van der Waals surface area contributed by atoms with Crippen molar-refractivity contribution in [3.8, 4) is 5.75 Å². The van der Waals surface area contributed by atoms with Crippen LogP contribution in [-0.2, 0) is 17.6 Å². The van der Waals surface area contributed by atoms with Gasteiger partial charge in [-0.05, 0) is 102 Å². The number of rotatable bonds is 9. The summed E-state index contributed by atoms with van der Waals surface area (Å²) in [7, 11) is 0. The van der Waals surface area contributed by atoms with Crippen LogP contribution in [0.2, 0.25) is 0 Å². The van der Waals surface area contributed by atoms with Crippen LogP contribution in [0.4, 0.5) is 0 Å². The van der Waals surface area contributed by atoms with Crippen molar-refractivity contribution < 1.29 is 9.90 Å². The Balaban J connectivity index is 2.56. The van der Waals surface area contributed by atoms with E-state index in [1.54, 1.807) is 0 Å². The second-order valence-electron chi connectivity index (χ2n) is 10.9. The maximum atomic E-state index is 13.0. The van der Waals surface area contributed by atoms with Gasteiger partial charge in [-0.2, -0.15) is 0 Å². The second kappa shape index (κ2) is 11.0. The van der Waals surface area contributed by atoms with Gasteiger partial charge in [-0.15, -0.1) is 0 Å². The molecule has 0 heterocycles. The Hall–Kier alpha value is -2.09. The van der Waals surface area contributed by atoms with E-state index in [0.29, 0.717) is 29.4 Å². The van der Waals surface area contributed by atoms with Gasteiger partial charge >= 0.3 is 0 Å². The first-order chi connectivity index (χ1) is 14.5. The fourth-order valence-corrected chi connectivity index (χ4v) is 4.30. The highest BCUT2D eigenvalue weighted by Gasteiger charge is 2.21. The topological polar surface area (TPSA) is 37.3 Å². The largest absolute Gasteiger partial charge is 0.507 e. The highest BCUT2D eigenvalue weighted by Crippen LogP contribution is 2.32. The lowest BCUT2D eigenvalue weighted by molar-refractivity contribution is -0.112. The normalized spacial score (nSPS) is 14.7. The molecule has 0 saturated heterocycles. The molecule has 0 fully saturated rings. The molecule has 2 rings (SSSR count). The summed E-state index contributed by atoms with van der Waals surface area (Å²) in [5.41, 5.74) is 6.07. The van der Waals surface area contributed by atoms with Crippen LogP contribution in [0.3, 0.4) is 0 Å². The number of carbonyl (C=O) groups is 1. The summed E-state index contributed by atoms with van der Waals surface area (Å²) in [6.45, 7) is 17.4. The van der Waals surface area contributed by atoms with E-state index in [-0.39, 0.29) is 5.78 Å². The first kappa shape index (κ1) is 25.2. The summed E-state index contributed by atoms with van der Waals surface area (Å²) in [6, 6.07) is 4.24. The SMILES string of the molecule is CC(C)CC1=CC(=Cc2cc(CC(C)C)c(O)c(CC(C)C)c2)C=C(CC(C)C)C1=O. The molecule has 0 amide bonds. The Kier molecular flexibility index (Phi) is 8.91. The zero-order valence-corrected chi connectivity index (χ0v) is 20.9. The summed E-state index contributed by atoms with van der Waals surface area (Å²) in [5, 5.41) is 10.8. The van der Waals surface area contributed by atoms with E-state index in [9.17, 15) is 9.90 Å². The van der Waals surface area contributed by atoms with Gasteiger partial charge in [0.1, 0.15) is 5.75 Å². The zero-order valence-electron chi connectivity index (χ0n) is 20.9. The van der Waals surface area contributed by atoms with Crippen molar-refractivity contribution in [2.24, 2.45) is 23.7 Å². The molecule has 1 aliphatic rings. The van der Waals surface area contributed by atoms with Crippen molar-refractivity contribution >= 4 is 11.9 Å². The molecule has 0 saturated carbocycles. The maximum Gasteiger partial charge on any atom is 0.185 e. The predicted octanol–water partition coefficient (Wildman–Crippen LogP) is 7.70. The Labute approximate surface area is 190 Å². The molecular formula is C29H42O2. The van der Waals surface area contributed by atoms with Crippen molar-refractivity contribution in [2.75, 3.05) is 0 Å². The molecule has 2 nitrogen and oxygen atoms in total. The maximum absolute atomic E-state index is 13.0. The van der Waals surface area contributed by atoms with E-state index in [1.807, 2.05) is 0 Å². The van der Waals surface area contributed by atoms with Crippen LogP contribution in [0.1, 0.15) is 84.9 Å². The Morgan fingerprint density at radius 2 is 1.10 bits per heavy atom. The minimum absolute atomic E-state index is 0.214. The number of ketones is 1. The minimum Gasteiger partial charge on any atom is -0.507 e. The van der Waals surface area contributed by atoms with Gasteiger partial charge in [-0.1, -0.05) is 55.4 Å². The van der Waals surface area contributed by atoms with Crippen LogP contribution < -0.4 is 0 Å². The van der Waals surface area contributed by atoms with Gasteiger partial charge in [0.15, 0.2) is 5.78 Å². The average molecular weight is 423 g/mol. The molecule has 1 aliphatic carbocycles. The summed E-state index contributed by atoms with van der Waals surface area (Å²) in [5.74, 6) is 2.51. The predicted molar refractivity (Wildman–Crippen MR) is 133 cm³/mol. The van der Waals surface area contributed by atoms with Gasteiger partial charge in [0, 0.05) is 11.1 Å². The van der Waals surface area contributed by atoms with E-state index in [0.717, 1.165) is 59.1 Å². The molecule has 0 bridgehead atoms. The van der Waals surface area contributed by atoms with Crippen LogP contribution in [0.25, 0.3) is 6.08 Å². The second-order valence-corrected chi connectivity index (χ2v) is 10.9. The molecule has 1 aromatic carbocycles. The third kappa shape index (κ3) is 7.52. The molecule has 0 aromatic heterocycles. The van der Waals surface area contributed by atoms with E-state index < -0.39 is 0 Å². The number of hydrogen-bond donors (Lipinski definition) is 1. The van der Waals surface area contributed by atoms with Crippen LogP contribution in [0.5, 0.6) is 5.75 Å². The van der Waals surface area contributed by atoms with E-state index in [4.69, 9.17) is 0 Å². The highest BCUT2D eigenvalue weighted by molar-refractivity contribution is 6.10. The molecule has 0 radical (unpaired) electrons. The van der Waals surface area contributed by atoms with Crippen LogP contribution >= 0.6 is 0 Å². The molecule has 0 atom stereocenters. The van der Waals surface area contributed by atoms with Crippen molar-refractivity contribution in [3.05, 3.63) is 57.7 Å². The molecule has 170 valence electrons. The first-order valence-corrected chi connectivity index (χ1v) is 12.0. The van der Waals surface area contributed by atoms with Crippen molar-refractivity contribution in [1.29, 1.82) is 0 Å². The van der Waals surface area contributed by atoms with Crippen LogP contribution in [-0.4, -0.2) is 10.9 Å². The number of benzene rings is 1. The summed E-state index contributed by atoms with van der Waals surface area (Å²) in [4.78, 5) is 13.0. The molecule has 1 N–H and O–H groups in total. The highest BCUT2D eigenvalue weighted by atomic mass is 16.3. The fourth-order valence-electron chi connectivity index (χ4n) is 4.30.